The van der Waals surface area contributed by atoms with Crippen LogP contribution in [0.3, 0.4) is 0 Å². The van der Waals surface area contributed by atoms with Gasteiger partial charge in [0.25, 0.3) is 6.47 Å². The molecule has 1 aliphatic rings. The van der Waals surface area contributed by atoms with E-state index in [-0.39, 0.29) is 6.47 Å². The van der Waals surface area contributed by atoms with E-state index >= 15 is 0 Å². The van der Waals surface area contributed by atoms with Crippen LogP contribution in [-0.4, -0.2) is 24.6 Å². The third-order valence-corrected chi connectivity index (χ3v) is 1.77. The van der Waals surface area contributed by atoms with E-state index in [1.54, 1.807) is 6.92 Å². The van der Waals surface area contributed by atoms with Crippen molar-refractivity contribution in [1.29, 1.82) is 0 Å². The molecule has 1 rings (SSSR count). The van der Waals surface area contributed by atoms with Gasteiger partial charge in [0.15, 0.2) is 0 Å². The molecule has 0 aromatic rings. The van der Waals surface area contributed by atoms with Crippen LogP contribution in [0.25, 0.3) is 0 Å². The van der Waals surface area contributed by atoms with Crippen molar-refractivity contribution < 1.29 is 19.1 Å². The Morgan fingerprint density at radius 2 is 2.45 bits per heavy atom. The summed E-state index contributed by atoms with van der Waals surface area (Å²) in [6.45, 7) is 2.27. The summed E-state index contributed by atoms with van der Waals surface area (Å²) in [4.78, 5) is 21.0. The minimum absolute atomic E-state index is 0.284. The predicted octanol–water partition coefficient (Wildman–Crippen LogP) is 0.255. The molecule has 0 amide bonds. The first kappa shape index (κ1) is 8.04. The Morgan fingerprint density at radius 3 is 3.00 bits per heavy atom. The van der Waals surface area contributed by atoms with E-state index in [1.165, 1.54) is 0 Å². The van der Waals surface area contributed by atoms with Gasteiger partial charge < -0.3 is 9.47 Å². The summed E-state index contributed by atoms with van der Waals surface area (Å²) in [5, 5.41) is 0. The van der Waals surface area contributed by atoms with Crippen molar-refractivity contribution in [2.45, 2.75) is 25.4 Å². The molecule has 62 valence electrons. The van der Waals surface area contributed by atoms with Crippen LogP contribution in [0.1, 0.15) is 19.8 Å². The molecule has 0 spiro atoms. The Morgan fingerprint density at radius 1 is 1.73 bits per heavy atom. The zero-order chi connectivity index (χ0) is 8.32. The minimum Gasteiger partial charge on any atom is -0.463 e. The molecule has 0 radical (unpaired) electrons. The minimum atomic E-state index is -1.04. The smallest absolute Gasteiger partial charge is 0.350 e. The van der Waals surface area contributed by atoms with Gasteiger partial charge in [0, 0.05) is 6.42 Å². The number of cyclic esters (lactones) is 1. The molecule has 1 fully saturated rings. The summed E-state index contributed by atoms with van der Waals surface area (Å²) in [5.74, 6) is -0.448. The zero-order valence-corrected chi connectivity index (χ0v) is 6.33. The molecular formula is C7H10O4. The second-order valence-corrected chi connectivity index (χ2v) is 2.68. The molecular weight excluding hydrogens is 148 g/mol. The Balaban J connectivity index is 2.64. The molecule has 4 heteroatoms. The number of rotatable bonds is 2. The molecule has 0 bridgehead atoms. The largest absolute Gasteiger partial charge is 0.463 e. The Bertz CT molecular complexity index is 177. The van der Waals surface area contributed by atoms with Crippen LogP contribution < -0.4 is 0 Å². The van der Waals surface area contributed by atoms with Gasteiger partial charge in [-0.2, -0.15) is 0 Å². The molecule has 0 saturated carbocycles. The summed E-state index contributed by atoms with van der Waals surface area (Å²) in [6.07, 6.45) is 1.29. The number of hydrogen-bond acceptors (Lipinski definition) is 4. The van der Waals surface area contributed by atoms with Gasteiger partial charge in [-0.3, -0.25) is 4.79 Å². The molecule has 1 aliphatic heterocycles. The average molecular weight is 158 g/mol. The monoisotopic (exact) mass is 158 g/mol. The topological polar surface area (TPSA) is 52.6 Å². The predicted molar refractivity (Wildman–Crippen MR) is 35.7 cm³/mol. The molecule has 0 aromatic heterocycles. The van der Waals surface area contributed by atoms with Crippen LogP contribution >= 0.6 is 0 Å². The van der Waals surface area contributed by atoms with Gasteiger partial charge in [-0.1, -0.05) is 0 Å². The maximum atomic E-state index is 11.0. The van der Waals surface area contributed by atoms with Gasteiger partial charge in [-0.05, 0) is 13.3 Å². The fourth-order valence-corrected chi connectivity index (χ4v) is 1.04. The number of esters is 1. The maximum Gasteiger partial charge on any atom is 0.350 e. The van der Waals surface area contributed by atoms with Gasteiger partial charge in [-0.25, -0.2) is 4.79 Å². The van der Waals surface area contributed by atoms with Crippen LogP contribution in [0.4, 0.5) is 0 Å². The van der Waals surface area contributed by atoms with Crippen LogP contribution in [0.15, 0.2) is 0 Å². The zero-order valence-electron chi connectivity index (χ0n) is 6.33. The summed E-state index contributed by atoms with van der Waals surface area (Å²) in [6, 6.07) is 0. The van der Waals surface area contributed by atoms with Crippen LogP contribution in [-0.2, 0) is 19.1 Å². The Kier molecular flexibility index (Phi) is 2.12. The molecule has 1 atom stereocenters. The second-order valence-electron chi connectivity index (χ2n) is 2.68. The highest BCUT2D eigenvalue weighted by molar-refractivity contribution is 5.80. The maximum absolute atomic E-state index is 11.0. The summed E-state index contributed by atoms with van der Waals surface area (Å²) < 4.78 is 9.35. The van der Waals surface area contributed by atoms with Crippen LogP contribution in [0, 0.1) is 0 Å². The average Bonchev–Trinajstić information content (AvgIpc) is 1.96. The van der Waals surface area contributed by atoms with Crippen LogP contribution in [0.2, 0.25) is 0 Å². The fourth-order valence-electron chi connectivity index (χ4n) is 1.04. The van der Waals surface area contributed by atoms with Crippen molar-refractivity contribution in [2.75, 3.05) is 6.61 Å². The van der Waals surface area contributed by atoms with Gasteiger partial charge >= 0.3 is 5.97 Å². The molecule has 1 heterocycles. The fraction of sp³-hybridized carbons (Fsp3) is 0.714. The van der Waals surface area contributed by atoms with Crippen molar-refractivity contribution >= 4 is 12.4 Å². The van der Waals surface area contributed by atoms with E-state index in [9.17, 15) is 9.59 Å². The number of carbonyl (C=O) groups excluding carboxylic acids is 2. The van der Waals surface area contributed by atoms with Gasteiger partial charge in [-0.15, -0.1) is 0 Å². The van der Waals surface area contributed by atoms with Crippen molar-refractivity contribution in [3.8, 4) is 0 Å². The third kappa shape index (κ3) is 1.50. The second kappa shape index (κ2) is 2.90. The lowest BCUT2D eigenvalue weighted by atomic mass is 9.98. The van der Waals surface area contributed by atoms with Crippen molar-refractivity contribution in [3.05, 3.63) is 0 Å². The number of carbonyl (C=O) groups is 2. The van der Waals surface area contributed by atoms with E-state index in [0.717, 1.165) is 6.42 Å². The van der Waals surface area contributed by atoms with Gasteiger partial charge in [0.1, 0.15) is 0 Å². The molecule has 0 aromatic carbocycles. The molecule has 4 nitrogen and oxygen atoms in total. The molecule has 1 unspecified atom stereocenters. The first-order valence-electron chi connectivity index (χ1n) is 3.48. The highest BCUT2D eigenvalue weighted by atomic mass is 16.6. The lowest BCUT2D eigenvalue weighted by Crippen LogP contribution is -2.43. The summed E-state index contributed by atoms with van der Waals surface area (Å²) in [5.41, 5.74) is -1.04. The van der Waals surface area contributed by atoms with E-state index in [1.807, 2.05) is 0 Å². The lowest BCUT2D eigenvalue weighted by molar-refractivity contribution is -0.180. The van der Waals surface area contributed by atoms with E-state index in [4.69, 9.17) is 4.74 Å². The molecule has 0 aliphatic carbocycles. The first-order chi connectivity index (χ1) is 5.19. The van der Waals surface area contributed by atoms with E-state index < -0.39 is 11.6 Å². The molecule has 0 N–H and O–H groups in total. The van der Waals surface area contributed by atoms with Gasteiger partial charge in [0.05, 0.1) is 6.61 Å². The van der Waals surface area contributed by atoms with Crippen molar-refractivity contribution in [1.82, 2.24) is 0 Å². The van der Waals surface area contributed by atoms with Crippen molar-refractivity contribution in [3.63, 3.8) is 0 Å². The highest BCUT2D eigenvalue weighted by Gasteiger charge is 2.39. The van der Waals surface area contributed by atoms with E-state index in [2.05, 4.69) is 4.74 Å². The lowest BCUT2D eigenvalue weighted by Gasteiger charge is -2.28. The Labute approximate surface area is 64.5 Å². The third-order valence-electron chi connectivity index (χ3n) is 1.77. The molecule has 1 saturated heterocycles. The van der Waals surface area contributed by atoms with Crippen LogP contribution in [0.5, 0.6) is 0 Å². The first-order valence-corrected chi connectivity index (χ1v) is 3.48. The number of ether oxygens (including phenoxy) is 2. The van der Waals surface area contributed by atoms with Crippen molar-refractivity contribution in [2.24, 2.45) is 0 Å². The van der Waals surface area contributed by atoms with E-state index in [0.29, 0.717) is 13.0 Å². The summed E-state index contributed by atoms with van der Waals surface area (Å²) >= 11 is 0. The Hall–Kier alpha value is -1.06. The highest BCUT2D eigenvalue weighted by Crippen LogP contribution is 2.22. The number of hydrogen-bond donors (Lipinski definition) is 0. The molecule has 11 heavy (non-hydrogen) atoms. The van der Waals surface area contributed by atoms with Gasteiger partial charge in [0.2, 0.25) is 5.60 Å². The normalized spacial score (nSPS) is 30.8. The SMILES string of the molecule is CC1(OC=O)CCCOC1=O. The quantitative estimate of drug-likeness (QED) is 0.427. The summed E-state index contributed by atoms with van der Waals surface area (Å²) in [7, 11) is 0. The standard InChI is InChI=1S/C7H10O4/c1-7(11-5-8)3-2-4-10-6(7)9/h5H,2-4H2,1H3.